The van der Waals surface area contributed by atoms with Crippen molar-refractivity contribution in [2.45, 2.75) is 46.5 Å². The molecule has 0 amide bonds. The van der Waals surface area contributed by atoms with E-state index in [2.05, 4.69) is 0 Å². The maximum absolute atomic E-state index is 12.8. The molecule has 0 aliphatic rings. The Morgan fingerprint density at radius 3 is 2.17 bits per heavy atom. The summed E-state index contributed by atoms with van der Waals surface area (Å²) < 4.78 is 25.7. The highest BCUT2D eigenvalue weighted by molar-refractivity contribution is 5.15. The van der Waals surface area contributed by atoms with Gasteiger partial charge in [0.05, 0.1) is 0 Å². The van der Waals surface area contributed by atoms with Gasteiger partial charge in [-0.05, 0) is 42.2 Å². The zero-order chi connectivity index (χ0) is 13.6. The minimum Gasteiger partial charge on any atom is -0.173 e. The molecule has 0 bridgehead atoms. The van der Waals surface area contributed by atoms with Gasteiger partial charge in [-0.15, -0.1) is 0 Å². The van der Waals surface area contributed by atoms with Crippen LogP contribution in [0.1, 0.15) is 45.6 Å². The number of halogens is 2. The van der Waals surface area contributed by atoms with Crippen molar-refractivity contribution in [2.75, 3.05) is 0 Å². The summed E-state index contributed by atoms with van der Waals surface area (Å²) in [6.45, 7) is 5.98. The lowest BCUT2D eigenvalue weighted by atomic mass is 9.86. The molecular formula is C16H22F2. The van der Waals surface area contributed by atoms with Gasteiger partial charge >= 0.3 is 0 Å². The summed E-state index contributed by atoms with van der Waals surface area (Å²) in [6.07, 6.45) is 1.13. The molecule has 100 valence electrons. The number of hydrogen-bond acceptors (Lipinski definition) is 0. The van der Waals surface area contributed by atoms with E-state index in [9.17, 15) is 8.78 Å². The van der Waals surface area contributed by atoms with E-state index in [4.69, 9.17) is 0 Å². The first-order chi connectivity index (χ1) is 8.38. The van der Waals surface area contributed by atoms with Gasteiger partial charge in [0, 0.05) is 0 Å². The molecule has 0 saturated carbocycles. The van der Waals surface area contributed by atoms with E-state index in [-0.39, 0.29) is 5.41 Å². The van der Waals surface area contributed by atoms with Crippen molar-refractivity contribution in [3.63, 3.8) is 0 Å². The second-order valence-electron chi connectivity index (χ2n) is 5.94. The van der Waals surface area contributed by atoms with Crippen LogP contribution in [0.4, 0.5) is 8.78 Å². The molecule has 0 spiro atoms. The molecule has 1 rings (SSSR count). The van der Waals surface area contributed by atoms with Gasteiger partial charge in [-0.1, -0.05) is 51.1 Å². The minimum atomic E-state index is -1.49. The molecule has 1 aromatic rings. The largest absolute Gasteiger partial charge is 0.269 e. The molecule has 18 heavy (non-hydrogen) atoms. The van der Waals surface area contributed by atoms with Crippen LogP contribution in [0.2, 0.25) is 0 Å². The highest BCUT2D eigenvalue weighted by Gasteiger charge is 2.16. The highest BCUT2D eigenvalue weighted by Crippen LogP contribution is 2.30. The summed E-state index contributed by atoms with van der Waals surface area (Å²) in [6, 6.07) is 10.0. The molecule has 0 atom stereocenters. The molecule has 0 radical (unpaired) electrons. The van der Waals surface area contributed by atoms with Crippen molar-refractivity contribution in [2.24, 2.45) is 5.41 Å². The molecule has 1 aromatic carbocycles. The van der Waals surface area contributed by atoms with Crippen LogP contribution in [0.3, 0.4) is 0 Å². The third-order valence-corrected chi connectivity index (χ3v) is 2.80. The lowest BCUT2D eigenvalue weighted by Crippen LogP contribution is -2.07. The highest BCUT2D eigenvalue weighted by atomic mass is 19.3. The first-order valence-electron chi connectivity index (χ1n) is 6.45. The normalized spacial score (nSPS) is 11.4. The van der Waals surface area contributed by atoms with E-state index in [1.165, 1.54) is 5.56 Å². The maximum atomic E-state index is 12.8. The summed E-state index contributed by atoms with van der Waals surface area (Å²) in [4.78, 5) is 0. The van der Waals surface area contributed by atoms with Crippen LogP contribution in [0, 0.1) is 5.41 Å². The summed E-state index contributed by atoms with van der Waals surface area (Å²) in [5, 5.41) is 0. The van der Waals surface area contributed by atoms with Crippen LogP contribution in [-0.4, -0.2) is 0 Å². The number of benzene rings is 1. The lowest BCUT2D eigenvalue weighted by Gasteiger charge is -2.19. The molecule has 0 nitrogen and oxygen atoms in total. The summed E-state index contributed by atoms with van der Waals surface area (Å²) in [5.74, 6) is 0. The lowest BCUT2D eigenvalue weighted by molar-refractivity contribution is 0.357. The predicted molar refractivity (Wildman–Crippen MR) is 72.7 cm³/mol. The van der Waals surface area contributed by atoms with Crippen LogP contribution in [0.5, 0.6) is 0 Å². The van der Waals surface area contributed by atoms with E-state index >= 15 is 0 Å². The third-order valence-electron chi connectivity index (χ3n) is 2.80. The van der Waals surface area contributed by atoms with Gasteiger partial charge in [0.2, 0.25) is 0 Å². The standard InChI is InChI=1S/C16H22F2/c1-16(2,3)12-14(15(17)18)11-7-10-13-8-5-4-6-9-13/h4-6,8-9H,7,10-12H2,1-3H3. The zero-order valence-electron chi connectivity index (χ0n) is 11.5. The SMILES string of the molecule is CC(C)(C)CC(CCCc1ccccc1)=C(F)F. The van der Waals surface area contributed by atoms with Crippen molar-refractivity contribution in [3.05, 3.63) is 47.5 Å². The summed E-state index contributed by atoms with van der Waals surface area (Å²) in [5.41, 5.74) is 1.45. The molecule has 2 heteroatoms. The topological polar surface area (TPSA) is 0 Å². The molecule has 0 fully saturated rings. The third kappa shape index (κ3) is 5.95. The molecule has 0 aliphatic heterocycles. The zero-order valence-corrected chi connectivity index (χ0v) is 11.5. The van der Waals surface area contributed by atoms with Crippen molar-refractivity contribution < 1.29 is 8.78 Å². The van der Waals surface area contributed by atoms with Gasteiger partial charge in [-0.3, -0.25) is 0 Å². The van der Waals surface area contributed by atoms with Crippen molar-refractivity contribution in [3.8, 4) is 0 Å². The first-order valence-corrected chi connectivity index (χ1v) is 6.45. The van der Waals surface area contributed by atoms with Crippen LogP contribution in [0.25, 0.3) is 0 Å². The van der Waals surface area contributed by atoms with Gasteiger partial charge in [-0.25, -0.2) is 0 Å². The van der Waals surface area contributed by atoms with Crippen LogP contribution < -0.4 is 0 Å². The second kappa shape index (κ2) is 6.67. The fourth-order valence-corrected chi connectivity index (χ4v) is 2.04. The van der Waals surface area contributed by atoms with Crippen molar-refractivity contribution in [1.82, 2.24) is 0 Å². The van der Waals surface area contributed by atoms with E-state index in [0.29, 0.717) is 18.4 Å². The summed E-state index contributed by atoms with van der Waals surface area (Å²) in [7, 11) is 0. The van der Waals surface area contributed by atoms with Gasteiger partial charge in [0.15, 0.2) is 0 Å². The Morgan fingerprint density at radius 2 is 1.67 bits per heavy atom. The van der Waals surface area contributed by atoms with Gasteiger partial charge < -0.3 is 0 Å². The Bertz CT molecular complexity index is 381. The first kappa shape index (κ1) is 14.9. The Labute approximate surface area is 109 Å². The molecule has 0 heterocycles. The second-order valence-corrected chi connectivity index (χ2v) is 5.94. The van der Waals surface area contributed by atoms with Gasteiger partial charge in [0.25, 0.3) is 6.08 Å². The van der Waals surface area contributed by atoms with E-state index in [1.54, 1.807) is 0 Å². The van der Waals surface area contributed by atoms with E-state index in [1.807, 2.05) is 51.1 Å². The Hall–Kier alpha value is -1.18. The molecule has 0 unspecified atom stereocenters. The smallest absolute Gasteiger partial charge is 0.173 e. The monoisotopic (exact) mass is 252 g/mol. The maximum Gasteiger partial charge on any atom is 0.269 e. The average Bonchev–Trinajstić information content (AvgIpc) is 2.27. The summed E-state index contributed by atoms with van der Waals surface area (Å²) >= 11 is 0. The Morgan fingerprint density at radius 1 is 1.06 bits per heavy atom. The molecular weight excluding hydrogens is 230 g/mol. The fourth-order valence-electron chi connectivity index (χ4n) is 2.04. The quantitative estimate of drug-likeness (QED) is 0.640. The van der Waals surface area contributed by atoms with Crippen molar-refractivity contribution >= 4 is 0 Å². The number of hydrogen-bond donors (Lipinski definition) is 0. The Kier molecular flexibility index (Phi) is 5.52. The van der Waals surface area contributed by atoms with E-state index < -0.39 is 6.08 Å². The van der Waals surface area contributed by atoms with Crippen LogP contribution >= 0.6 is 0 Å². The number of aryl methyl sites for hydroxylation is 1. The molecule has 0 saturated heterocycles. The van der Waals surface area contributed by atoms with Crippen LogP contribution in [0.15, 0.2) is 42.0 Å². The van der Waals surface area contributed by atoms with Gasteiger partial charge in [0.1, 0.15) is 0 Å². The van der Waals surface area contributed by atoms with Crippen LogP contribution in [-0.2, 0) is 6.42 Å². The molecule has 0 N–H and O–H groups in total. The Balaban J connectivity index is 2.47. The number of rotatable bonds is 5. The molecule has 0 aliphatic carbocycles. The fraction of sp³-hybridized carbons (Fsp3) is 0.500. The van der Waals surface area contributed by atoms with E-state index in [0.717, 1.165) is 12.8 Å². The van der Waals surface area contributed by atoms with Crippen molar-refractivity contribution in [1.29, 1.82) is 0 Å². The predicted octanol–water partition coefficient (Wildman–Crippen LogP) is 5.60. The minimum absolute atomic E-state index is 0.0779. The number of allylic oxidation sites excluding steroid dienone is 1. The molecule has 0 aromatic heterocycles. The average molecular weight is 252 g/mol. The van der Waals surface area contributed by atoms with Gasteiger partial charge in [-0.2, -0.15) is 8.78 Å².